The molecule has 0 aromatic carbocycles. The van der Waals surface area contributed by atoms with E-state index in [-0.39, 0.29) is 0 Å². The third-order valence-corrected chi connectivity index (χ3v) is 2.59. The zero-order valence-electron chi connectivity index (χ0n) is 8.77. The Kier molecular flexibility index (Phi) is 2.96. The van der Waals surface area contributed by atoms with Crippen molar-refractivity contribution in [3.63, 3.8) is 0 Å². The second-order valence-corrected chi connectivity index (χ2v) is 3.60. The van der Waals surface area contributed by atoms with Crippen molar-refractivity contribution in [1.29, 1.82) is 0 Å². The van der Waals surface area contributed by atoms with Crippen LogP contribution in [0.5, 0.6) is 0 Å². The van der Waals surface area contributed by atoms with Gasteiger partial charge in [-0.25, -0.2) is 0 Å². The highest BCUT2D eigenvalue weighted by Gasteiger charge is 2.11. The molecular weight excluding hydrogens is 210 g/mol. The number of hydrogen-bond acceptors (Lipinski definition) is 5. The Hall–Kier alpha value is -1.43. The Morgan fingerprint density at radius 2 is 2.27 bits per heavy atom. The van der Waals surface area contributed by atoms with Gasteiger partial charge in [-0.3, -0.25) is 4.68 Å². The fourth-order valence-corrected chi connectivity index (χ4v) is 1.87. The van der Waals surface area contributed by atoms with Crippen LogP contribution in [0.3, 0.4) is 0 Å². The zero-order chi connectivity index (χ0) is 10.7. The highest BCUT2D eigenvalue weighted by molar-refractivity contribution is 6.99. The van der Waals surface area contributed by atoms with Crippen molar-refractivity contribution in [2.45, 2.75) is 20.4 Å². The Balaban J connectivity index is 2.31. The fraction of sp³-hybridized carbons (Fsp3) is 0.444. The lowest BCUT2D eigenvalue weighted by Gasteiger charge is -1.98. The summed E-state index contributed by atoms with van der Waals surface area (Å²) in [5, 5.41) is 7.40. The molecule has 80 valence electrons. The van der Waals surface area contributed by atoms with E-state index in [9.17, 15) is 0 Å². The fourth-order valence-electron chi connectivity index (χ4n) is 1.32. The topological polar surface area (TPSA) is 55.6 Å². The summed E-state index contributed by atoms with van der Waals surface area (Å²) in [6.07, 6.45) is 3.80. The molecule has 0 aliphatic carbocycles. The average molecular weight is 223 g/mol. The minimum Gasteiger partial charge on any atom is -0.368 e. The van der Waals surface area contributed by atoms with E-state index in [0.717, 1.165) is 30.2 Å². The molecule has 2 aromatic rings. The number of rotatable bonds is 4. The summed E-state index contributed by atoms with van der Waals surface area (Å²) >= 11 is 1.22. The van der Waals surface area contributed by atoms with Crippen LogP contribution in [-0.2, 0) is 6.54 Å². The zero-order valence-corrected chi connectivity index (χ0v) is 9.58. The maximum absolute atomic E-state index is 4.27. The summed E-state index contributed by atoms with van der Waals surface area (Å²) in [6.45, 7) is 5.81. The van der Waals surface area contributed by atoms with Gasteiger partial charge in [-0.2, -0.15) is 13.8 Å². The number of hydrogen-bond donors (Lipinski definition) is 1. The monoisotopic (exact) mass is 223 g/mol. The van der Waals surface area contributed by atoms with E-state index in [0.29, 0.717) is 0 Å². The van der Waals surface area contributed by atoms with Gasteiger partial charge in [0.15, 0.2) is 5.82 Å². The van der Waals surface area contributed by atoms with E-state index in [1.165, 1.54) is 11.7 Å². The third kappa shape index (κ3) is 1.99. The van der Waals surface area contributed by atoms with Gasteiger partial charge in [-0.15, -0.1) is 0 Å². The lowest BCUT2D eigenvalue weighted by Crippen LogP contribution is -1.98. The molecule has 2 rings (SSSR count). The van der Waals surface area contributed by atoms with E-state index in [4.69, 9.17) is 0 Å². The van der Waals surface area contributed by atoms with Gasteiger partial charge >= 0.3 is 0 Å². The van der Waals surface area contributed by atoms with Crippen LogP contribution < -0.4 is 5.32 Å². The standard InChI is InChI=1S/C9H13N5S/c1-3-10-9-8(12-15-13-9)7-5-11-14(4-2)6-7/h5-6H,3-4H2,1-2H3,(H,10,13). The first-order valence-corrected chi connectivity index (χ1v) is 5.67. The summed E-state index contributed by atoms with van der Waals surface area (Å²) in [6, 6.07) is 0. The summed E-state index contributed by atoms with van der Waals surface area (Å²) < 4.78 is 10.3. The van der Waals surface area contributed by atoms with Crippen LogP contribution in [0.25, 0.3) is 11.3 Å². The molecule has 6 heteroatoms. The van der Waals surface area contributed by atoms with Crippen LogP contribution in [0.2, 0.25) is 0 Å². The molecule has 0 spiro atoms. The van der Waals surface area contributed by atoms with Crippen molar-refractivity contribution in [1.82, 2.24) is 18.5 Å². The van der Waals surface area contributed by atoms with E-state index in [1.807, 2.05) is 24.0 Å². The number of nitrogens with one attached hydrogen (secondary N) is 1. The summed E-state index contributed by atoms with van der Waals surface area (Å²) in [5.41, 5.74) is 1.91. The minimum absolute atomic E-state index is 0.846. The second-order valence-electron chi connectivity index (χ2n) is 3.08. The first-order chi connectivity index (χ1) is 7.35. The number of aromatic nitrogens is 4. The predicted molar refractivity (Wildman–Crippen MR) is 61.0 cm³/mol. The van der Waals surface area contributed by atoms with Crippen LogP contribution in [0, 0.1) is 0 Å². The highest BCUT2D eigenvalue weighted by Crippen LogP contribution is 2.24. The van der Waals surface area contributed by atoms with Gasteiger partial charge in [0.25, 0.3) is 0 Å². The Labute approximate surface area is 92.5 Å². The molecular formula is C9H13N5S. The largest absolute Gasteiger partial charge is 0.368 e. The van der Waals surface area contributed by atoms with E-state index < -0.39 is 0 Å². The Morgan fingerprint density at radius 3 is 2.93 bits per heavy atom. The van der Waals surface area contributed by atoms with Gasteiger partial charge in [0.05, 0.1) is 17.9 Å². The highest BCUT2D eigenvalue weighted by atomic mass is 32.1. The molecule has 0 unspecified atom stereocenters. The Morgan fingerprint density at radius 1 is 1.40 bits per heavy atom. The van der Waals surface area contributed by atoms with Crippen LogP contribution in [-0.4, -0.2) is 25.1 Å². The molecule has 0 saturated carbocycles. The first-order valence-electron chi connectivity index (χ1n) is 4.94. The van der Waals surface area contributed by atoms with Crippen LogP contribution in [0.15, 0.2) is 12.4 Å². The van der Waals surface area contributed by atoms with Crippen LogP contribution in [0.4, 0.5) is 5.82 Å². The smallest absolute Gasteiger partial charge is 0.168 e. The van der Waals surface area contributed by atoms with Crippen molar-refractivity contribution < 1.29 is 0 Å². The molecule has 5 nitrogen and oxygen atoms in total. The third-order valence-electron chi connectivity index (χ3n) is 2.06. The second kappa shape index (κ2) is 4.39. The van der Waals surface area contributed by atoms with Crippen molar-refractivity contribution in [2.24, 2.45) is 0 Å². The maximum atomic E-state index is 4.27. The van der Waals surface area contributed by atoms with Crippen molar-refractivity contribution in [3.8, 4) is 11.3 Å². The molecule has 0 radical (unpaired) electrons. The average Bonchev–Trinajstić information content (AvgIpc) is 2.85. The van der Waals surface area contributed by atoms with Crippen molar-refractivity contribution in [3.05, 3.63) is 12.4 Å². The van der Waals surface area contributed by atoms with Gasteiger partial charge in [0.2, 0.25) is 0 Å². The minimum atomic E-state index is 0.846. The lowest BCUT2D eigenvalue weighted by atomic mass is 10.2. The molecule has 2 aromatic heterocycles. The molecule has 0 amide bonds. The van der Waals surface area contributed by atoms with Crippen LogP contribution >= 0.6 is 11.7 Å². The Bertz CT molecular complexity index is 433. The SMILES string of the molecule is CCNc1nsnc1-c1cnn(CC)c1. The normalized spacial score (nSPS) is 10.5. The van der Waals surface area contributed by atoms with E-state index in [2.05, 4.69) is 26.1 Å². The molecule has 0 aliphatic rings. The van der Waals surface area contributed by atoms with Gasteiger partial charge in [-0.05, 0) is 13.8 Å². The lowest BCUT2D eigenvalue weighted by molar-refractivity contribution is 0.660. The molecule has 0 saturated heterocycles. The maximum Gasteiger partial charge on any atom is 0.168 e. The van der Waals surface area contributed by atoms with Crippen molar-refractivity contribution in [2.75, 3.05) is 11.9 Å². The first kappa shape index (κ1) is 10.1. The van der Waals surface area contributed by atoms with Crippen molar-refractivity contribution >= 4 is 17.5 Å². The molecule has 2 heterocycles. The quantitative estimate of drug-likeness (QED) is 0.859. The van der Waals surface area contributed by atoms with Gasteiger partial charge in [0.1, 0.15) is 5.69 Å². The molecule has 0 bridgehead atoms. The molecule has 0 fully saturated rings. The number of anilines is 1. The van der Waals surface area contributed by atoms with Gasteiger partial charge in [-0.1, -0.05) is 0 Å². The molecule has 0 atom stereocenters. The summed E-state index contributed by atoms with van der Waals surface area (Å²) in [4.78, 5) is 0. The molecule has 0 aliphatic heterocycles. The molecule has 15 heavy (non-hydrogen) atoms. The molecule has 1 N–H and O–H groups in total. The summed E-state index contributed by atoms with van der Waals surface area (Å²) in [5.74, 6) is 0.846. The van der Waals surface area contributed by atoms with E-state index in [1.54, 1.807) is 0 Å². The predicted octanol–water partition coefficient (Wildman–Crippen LogP) is 1.85. The number of nitrogens with zero attached hydrogens (tertiary/aromatic N) is 4. The van der Waals surface area contributed by atoms with E-state index >= 15 is 0 Å². The van der Waals surface area contributed by atoms with Gasteiger partial charge < -0.3 is 5.32 Å². The van der Waals surface area contributed by atoms with Crippen LogP contribution in [0.1, 0.15) is 13.8 Å². The van der Waals surface area contributed by atoms with Gasteiger partial charge in [0, 0.05) is 24.8 Å². The summed E-state index contributed by atoms with van der Waals surface area (Å²) in [7, 11) is 0. The number of aryl methyl sites for hydroxylation is 1.